The van der Waals surface area contributed by atoms with Gasteiger partial charge in [0.1, 0.15) is 18.1 Å². The van der Waals surface area contributed by atoms with Gasteiger partial charge in [0.25, 0.3) is 11.7 Å². The van der Waals surface area contributed by atoms with Crippen LogP contribution in [0.15, 0.2) is 66.2 Å². The number of hydrogen-bond acceptors (Lipinski definition) is 8. The maximum absolute atomic E-state index is 13.3. The monoisotopic (exact) mass is 547 g/mol. The number of carbonyl (C=O) groups excluding carboxylic acids is 2. The molecule has 1 aliphatic heterocycles. The van der Waals surface area contributed by atoms with Gasteiger partial charge in [-0.3, -0.25) is 9.59 Å². The van der Waals surface area contributed by atoms with Crippen LogP contribution in [0.4, 0.5) is 0 Å². The summed E-state index contributed by atoms with van der Waals surface area (Å²) in [6.45, 7) is 2.73. The smallest absolute Gasteiger partial charge is 0.295 e. The number of ketones is 1. The lowest BCUT2D eigenvalue weighted by Crippen LogP contribution is -2.32. The fourth-order valence-corrected chi connectivity index (χ4v) is 4.74. The molecule has 0 bridgehead atoms. The lowest BCUT2D eigenvalue weighted by atomic mass is 9.94. The van der Waals surface area contributed by atoms with Crippen LogP contribution in [0.25, 0.3) is 5.76 Å². The minimum Gasteiger partial charge on any atom is -0.507 e. The molecule has 1 aliphatic rings. The van der Waals surface area contributed by atoms with Crippen molar-refractivity contribution in [2.45, 2.75) is 19.6 Å². The highest BCUT2D eigenvalue weighted by atomic mass is 16.5. The molecule has 3 aromatic rings. The first-order valence-corrected chi connectivity index (χ1v) is 12.7. The molecular weight excluding hydrogens is 514 g/mol. The zero-order chi connectivity index (χ0) is 28.8. The maximum Gasteiger partial charge on any atom is 0.295 e. The van der Waals surface area contributed by atoms with Crippen molar-refractivity contribution in [1.82, 2.24) is 4.90 Å². The second-order valence-corrected chi connectivity index (χ2v) is 9.25. The van der Waals surface area contributed by atoms with E-state index in [2.05, 4.69) is 0 Å². The zero-order valence-corrected chi connectivity index (χ0v) is 23.2. The molecule has 1 saturated heterocycles. The average Bonchev–Trinajstić information content (AvgIpc) is 3.23. The lowest BCUT2D eigenvalue weighted by molar-refractivity contribution is -0.140. The van der Waals surface area contributed by atoms with Crippen LogP contribution in [-0.2, 0) is 20.9 Å². The normalized spacial score (nSPS) is 16.2. The highest BCUT2D eigenvalue weighted by molar-refractivity contribution is 6.46. The number of amides is 1. The van der Waals surface area contributed by atoms with E-state index in [-0.39, 0.29) is 24.5 Å². The van der Waals surface area contributed by atoms with Crippen LogP contribution in [0, 0.1) is 6.92 Å². The van der Waals surface area contributed by atoms with Gasteiger partial charge in [0.15, 0.2) is 11.5 Å². The van der Waals surface area contributed by atoms with E-state index in [9.17, 15) is 14.7 Å². The standard InChI is InChI=1S/C31H33NO8/c1-19-7-6-8-20(15-19)18-40-23-11-9-21(10-12-23)28(33)26-27(32(13-14-36-2)31(35)29(26)34)22-16-24(37-3)30(39-5)25(17-22)38-4/h6-12,15-17,27,33H,13-14,18H2,1-5H3/t27-/m0/s1. The highest BCUT2D eigenvalue weighted by Gasteiger charge is 2.46. The predicted molar refractivity (Wildman–Crippen MR) is 149 cm³/mol. The Balaban J connectivity index is 1.73. The molecule has 0 spiro atoms. The first kappa shape index (κ1) is 28.5. The Kier molecular flexibility index (Phi) is 8.96. The maximum atomic E-state index is 13.3. The predicted octanol–water partition coefficient (Wildman–Crippen LogP) is 4.67. The van der Waals surface area contributed by atoms with Crippen molar-refractivity contribution in [2.75, 3.05) is 41.6 Å². The van der Waals surface area contributed by atoms with Crippen molar-refractivity contribution >= 4 is 17.4 Å². The van der Waals surface area contributed by atoms with Gasteiger partial charge in [-0.2, -0.15) is 0 Å². The van der Waals surface area contributed by atoms with Crippen LogP contribution in [0.5, 0.6) is 23.0 Å². The summed E-state index contributed by atoms with van der Waals surface area (Å²) in [5.41, 5.74) is 3.00. The third kappa shape index (κ3) is 5.74. The van der Waals surface area contributed by atoms with Gasteiger partial charge in [-0.05, 0) is 54.4 Å². The number of benzene rings is 3. The molecule has 0 saturated carbocycles. The van der Waals surface area contributed by atoms with E-state index in [0.29, 0.717) is 40.7 Å². The number of aliphatic hydroxyl groups is 1. The Morgan fingerprint density at radius 3 is 2.15 bits per heavy atom. The molecule has 9 heteroatoms. The minimum atomic E-state index is -0.916. The third-order valence-electron chi connectivity index (χ3n) is 6.69. The van der Waals surface area contributed by atoms with Gasteiger partial charge in [-0.15, -0.1) is 0 Å². The van der Waals surface area contributed by atoms with Gasteiger partial charge in [0, 0.05) is 19.2 Å². The molecule has 9 nitrogen and oxygen atoms in total. The molecule has 0 unspecified atom stereocenters. The van der Waals surface area contributed by atoms with Crippen LogP contribution in [-0.4, -0.2) is 63.3 Å². The zero-order valence-electron chi connectivity index (χ0n) is 23.2. The average molecular weight is 548 g/mol. The van der Waals surface area contributed by atoms with Crippen molar-refractivity contribution in [3.05, 3.63) is 88.5 Å². The molecule has 1 atom stereocenters. The fourth-order valence-electron chi connectivity index (χ4n) is 4.74. The number of rotatable bonds is 11. The number of aliphatic hydroxyl groups excluding tert-OH is 1. The van der Waals surface area contributed by atoms with Crippen molar-refractivity contribution < 1.29 is 38.4 Å². The number of carbonyl (C=O) groups is 2. The topological polar surface area (TPSA) is 104 Å². The molecule has 4 rings (SSSR count). The number of ether oxygens (including phenoxy) is 5. The van der Waals surface area contributed by atoms with Crippen molar-refractivity contribution in [1.29, 1.82) is 0 Å². The Labute approximate surface area is 233 Å². The van der Waals surface area contributed by atoms with E-state index >= 15 is 0 Å². The van der Waals surface area contributed by atoms with E-state index in [0.717, 1.165) is 11.1 Å². The molecule has 1 fully saturated rings. The van der Waals surface area contributed by atoms with Crippen LogP contribution >= 0.6 is 0 Å². The van der Waals surface area contributed by atoms with Crippen LogP contribution in [0.1, 0.15) is 28.3 Å². The summed E-state index contributed by atoms with van der Waals surface area (Å²) in [4.78, 5) is 27.8. The van der Waals surface area contributed by atoms with Crippen LogP contribution in [0.3, 0.4) is 0 Å². The number of likely N-dealkylation sites (tertiary alicyclic amines) is 1. The van der Waals surface area contributed by atoms with E-state index < -0.39 is 17.7 Å². The first-order chi connectivity index (χ1) is 19.3. The van der Waals surface area contributed by atoms with Crippen molar-refractivity contribution in [2.24, 2.45) is 0 Å². The van der Waals surface area contributed by atoms with Crippen molar-refractivity contribution in [3.8, 4) is 23.0 Å². The SMILES string of the molecule is COCCN1C(=O)C(=O)C(=C(O)c2ccc(OCc3cccc(C)c3)cc2)[C@@H]1c1cc(OC)c(OC)c(OC)c1. The van der Waals surface area contributed by atoms with Crippen molar-refractivity contribution in [3.63, 3.8) is 0 Å². The molecule has 1 amide bonds. The molecule has 0 aromatic heterocycles. The largest absolute Gasteiger partial charge is 0.507 e. The summed E-state index contributed by atoms with van der Waals surface area (Å²) >= 11 is 0. The Bertz CT molecular complexity index is 1390. The third-order valence-corrected chi connectivity index (χ3v) is 6.69. The second kappa shape index (κ2) is 12.6. The number of methoxy groups -OCH3 is 4. The second-order valence-electron chi connectivity index (χ2n) is 9.25. The fraction of sp³-hybridized carbons (Fsp3) is 0.290. The molecule has 0 aliphatic carbocycles. The Hall–Kier alpha value is -4.50. The van der Waals surface area contributed by atoms with Crippen LogP contribution < -0.4 is 18.9 Å². The van der Waals surface area contributed by atoms with Gasteiger partial charge in [0.05, 0.1) is 39.6 Å². The lowest BCUT2D eigenvalue weighted by Gasteiger charge is -2.26. The Morgan fingerprint density at radius 2 is 1.57 bits per heavy atom. The highest BCUT2D eigenvalue weighted by Crippen LogP contribution is 2.45. The Morgan fingerprint density at radius 1 is 0.900 bits per heavy atom. The molecule has 210 valence electrons. The molecule has 1 heterocycles. The number of nitrogens with zero attached hydrogens (tertiary/aromatic N) is 1. The van der Waals surface area contributed by atoms with Gasteiger partial charge in [0.2, 0.25) is 5.75 Å². The molecule has 1 N–H and O–H groups in total. The van der Waals surface area contributed by atoms with E-state index in [4.69, 9.17) is 23.7 Å². The number of Topliss-reactive ketones (excluding diaryl/α,β-unsaturated/α-hetero) is 1. The first-order valence-electron chi connectivity index (χ1n) is 12.7. The number of hydrogen-bond donors (Lipinski definition) is 1. The van der Waals surface area contributed by atoms with E-state index in [1.165, 1.54) is 33.3 Å². The summed E-state index contributed by atoms with van der Waals surface area (Å²) < 4.78 is 27.5. The molecular formula is C31H33NO8. The molecule has 40 heavy (non-hydrogen) atoms. The summed E-state index contributed by atoms with van der Waals surface area (Å²) in [5.74, 6) is -0.179. The van der Waals surface area contributed by atoms with Gasteiger partial charge < -0.3 is 33.7 Å². The summed E-state index contributed by atoms with van der Waals surface area (Å²) in [6, 6.07) is 17.1. The van der Waals surface area contributed by atoms with Gasteiger partial charge in [-0.1, -0.05) is 29.8 Å². The van der Waals surface area contributed by atoms with Gasteiger partial charge >= 0.3 is 0 Å². The number of aryl methyl sites for hydroxylation is 1. The molecule has 3 aromatic carbocycles. The molecule has 0 radical (unpaired) electrons. The van der Waals surface area contributed by atoms with E-state index in [1.54, 1.807) is 36.4 Å². The van der Waals surface area contributed by atoms with E-state index in [1.807, 2.05) is 31.2 Å². The summed E-state index contributed by atoms with van der Waals surface area (Å²) in [6.07, 6.45) is 0. The van der Waals surface area contributed by atoms with Gasteiger partial charge in [-0.25, -0.2) is 0 Å². The minimum absolute atomic E-state index is 0.0520. The van der Waals surface area contributed by atoms with Crippen LogP contribution in [0.2, 0.25) is 0 Å². The summed E-state index contributed by atoms with van der Waals surface area (Å²) in [7, 11) is 5.95. The summed E-state index contributed by atoms with van der Waals surface area (Å²) in [5, 5.41) is 11.4. The quantitative estimate of drug-likeness (QED) is 0.210.